The van der Waals surface area contributed by atoms with Crippen LogP contribution >= 0.6 is 0 Å². The summed E-state index contributed by atoms with van der Waals surface area (Å²) >= 11 is 0. The third-order valence-corrected chi connectivity index (χ3v) is 16.2. The van der Waals surface area contributed by atoms with Crippen LogP contribution in [0.3, 0.4) is 0 Å². The van der Waals surface area contributed by atoms with E-state index in [0.29, 0.717) is 112 Å². The van der Waals surface area contributed by atoms with E-state index in [0.717, 1.165) is 71.4 Å². The van der Waals surface area contributed by atoms with Crippen LogP contribution in [0.1, 0.15) is 22.3 Å². The normalized spacial score (nSPS) is 10.6. The molecule has 404 valence electrons. The molecule has 2 heterocycles. The van der Waals surface area contributed by atoms with Crippen molar-refractivity contribution in [2.45, 2.75) is 6.92 Å². The van der Waals surface area contributed by atoms with Gasteiger partial charge in [-0.3, -0.25) is 0 Å². The lowest BCUT2D eigenvalue weighted by Gasteiger charge is -2.23. The topological polar surface area (TPSA) is 112 Å². The van der Waals surface area contributed by atoms with Gasteiger partial charge in [-0.05, 0) is 154 Å². The summed E-state index contributed by atoms with van der Waals surface area (Å²) in [6.45, 7) is 59.5. The molecule has 0 spiro atoms. The minimum Gasteiger partial charge on any atom is -0.310 e. The number of hydrogen-bond donors (Lipinski definition) is 0. The minimum absolute atomic E-state index is 0.307. The molecule has 0 radical (unpaired) electrons. The summed E-state index contributed by atoms with van der Waals surface area (Å²) in [6, 6.07) is 68.0. The highest BCUT2D eigenvalue weighted by Gasteiger charge is 2.28. The van der Waals surface area contributed by atoms with Crippen molar-refractivity contribution in [3.8, 4) is 96.3 Å². The zero-order valence-corrected chi connectivity index (χ0v) is 46.9. The Labute approximate surface area is 511 Å². The predicted molar refractivity (Wildman–Crippen MR) is 350 cm³/mol. The summed E-state index contributed by atoms with van der Waals surface area (Å²) in [5.74, 6) is 0. The average Bonchev–Trinajstić information content (AvgIpc) is 1.64. The zero-order chi connectivity index (χ0) is 61.6. The van der Waals surface area contributed by atoms with Crippen molar-refractivity contribution in [3.63, 3.8) is 0 Å². The molecule has 0 saturated carbocycles. The molecule has 0 N–H and O–H groups in total. The van der Waals surface area contributed by atoms with Gasteiger partial charge < -0.3 is 9.13 Å². The summed E-state index contributed by atoms with van der Waals surface area (Å²) in [7, 11) is 0. The lowest BCUT2D eigenvalue weighted by atomic mass is 9.89. The molecule has 0 unspecified atom stereocenters. The van der Waals surface area contributed by atoms with Crippen molar-refractivity contribution in [1.82, 2.24) is 9.13 Å². The van der Waals surface area contributed by atoms with Crippen LogP contribution < -0.4 is 0 Å². The molecule has 13 aromatic rings. The molecule has 12 heteroatoms. The summed E-state index contributed by atoms with van der Waals surface area (Å²) in [5, 5.41) is 33.2. The molecule has 12 nitrogen and oxygen atoms in total. The van der Waals surface area contributed by atoms with Crippen molar-refractivity contribution >= 4 is 83.4 Å². The number of benzene rings is 11. The van der Waals surface area contributed by atoms with Gasteiger partial charge in [0.2, 0.25) is 0 Å². The fourth-order valence-corrected chi connectivity index (χ4v) is 12.2. The van der Waals surface area contributed by atoms with Crippen LogP contribution in [0.4, 0.5) is 39.8 Å². The number of nitrogens with zero attached hydrogens (tertiary/aromatic N) is 12. The first-order valence-corrected chi connectivity index (χ1v) is 27.5. The predicted octanol–water partition coefficient (Wildman–Crippen LogP) is 21.7. The Kier molecular flexibility index (Phi) is 13.3. The van der Waals surface area contributed by atoms with Crippen LogP contribution in [-0.2, 0) is 0 Å². The summed E-state index contributed by atoms with van der Waals surface area (Å²) < 4.78 is 4.28. The number of rotatable bonds is 8. The van der Waals surface area contributed by atoms with E-state index in [9.17, 15) is 15.8 Å². The maximum absolute atomic E-state index is 10.5. The van der Waals surface area contributed by atoms with Gasteiger partial charge in [0.25, 0.3) is 0 Å². The van der Waals surface area contributed by atoms with Crippen molar-refractivity contribution < 1.29 is 0 Å². The Bertz CT molecular complexity index is 5510. The largest absolute Gasteiger partial charge is 0.310 e. The minimum atomic E-state index is 0.307. The molecule has 0 atom stereocenters. The Hall–Kier alpha value is -14.1. The smallest absolute Gasteiger partial charge is 0.197 e. The summed E-state index contributed by atoms with van der Waals surface area (Å²) in [5.41, 5.74) is 16.4. The van der Waals surface area contributed by atoms with E-state index in [1.807, 2.05) is 128 Å². The molecule has 0 saturated heterocycles. The standard InChI is InChI=1S/C77H36N12/c1-45-15-24-59(66(33-45)84-5)60-11-9-13-74(88-70-29-18-48(55-27-22-53(81-2)36-52(55)44-80)37-61(70)62-38-49(19-30-71(62)88)56-25-16-46(42-78)34-67(56)85-6)76(60)77-65(83-4)12-10-14-75(77)89-72-31-20-50(57-26-17-47(43-79)35-68(57)86-7)39-63(72)64-40-51(21-32-73(64)89)58-28-23-54(82-3)41-69(58)87-8/h9-41H,1H3. The number of nitriles is 3. The highest BCUT2D eigenvalue weighted by molar-refractivity contribution is 6.16. The maximum Gasteiger partial charge on any atom is 0.197 e. The van der Waals surface area contributed by atoms with E-state index in [4.69, 9.17) is 46.0 Å². The first-order valence-electron chi connectivity index (χ1n) is 27.5. The molecule has 0 amide bonds. The van der Waals surface area contributed by atoms with E-state index < -0.39 is 0 Å². The van der Waals surface area contributed by atoms with Gasteiger partial charge in [-0.25, -0.2) is 33.9 Å². The second-order valence-corrected chi connectivity index (χ2v) is 21.0. The van der Waals surface area contributed by atoms with E-state index in [-0.39, 0.29) is 0 Å². The molecule has 89 heavy (non-hydrogen) atoms. The lowest BCUT2D eigenvalue weighted by molar-refractivity contribution is 1.16. The van der Waals surface area contributed by atoms with Crippen LogP contribution in [0.25, 0.3) is 156 Å². The van der Waals surface area contributed by atoms with Crippen molar-refractivity contribution in [3.05, 3.63) is 302 Å². The molecule has 0 aliphatic rings. The second-order valence-electron chi connectivity index (χ2n) is 21.0. The highest BCUT2D eigenvalue weighted by Crippen LogP contribution is 2.51. The van der Waals surface area contributed by atoms with Crippen LogP contribution in [-0.4, -0.2) is 9.13 Å². The summed E-state index contributed by atoms with van der Waals surface area (Å²) in [4.78, 5) is 27.1. The molecule has 0 bridgehead atoms. The fourth-order valence-electron chi connectivity index (χ4n) is 12.2. The van der Waals surface area contributed by atoms with Gasteiger partial charge in [-0.15, -0.1) is 0 Å². The maximum atomic E-state index is 10.5. The summed E-state index contributed by atoms with van der Waals surface area (Å²) in [6.07, 6.45) is 0. The Morgan fingerprint density at radius 1 is 0.315 bits per heavy atom. The van der Waals surface area contributed by atoms with Crippen LogP contribution in [0, 0.1) is 86.9 Å². The fraction of sp³-hybridized carbons (Fsp3) is 0.0130. The Morgan fingerprint density at radius 2 is 0.719 bits per heavy atom. The third-order valence-electron chi connectivity index (χ3n) is 16.2. The second kappa shape index (κ2) is 21.9. The van der Waals surface area contributed by atoms with Crippen LogP contribution in [0.15, 0.2) is 200 Å². The first kappa shape index (κ1) is 54.2. The average molecular weight is 1130 g/mol. The number of hydrogen-bond acceptors (Lipinski definition) is 3. The number of aromatic nitrogens is 2. The molecule has 2 aromatic heterocycles. The van der Waals surface area contributed by atoms with Gasteiger partial charge in [0.05, 0.1) is 92.0 Å². The van der Waals surface area contributed by atoms with E-state index in [1.54, 1.807) is 78.9 Å². The van der Waals surface area contributed by atoms with E-state index >= 15 is 0 Å². The van der Waals surface area contributed by atoms with Gasteiger partial charge >= 0.3 is 0 Å². The first-order chi connectivity index (χ1) is 43.6. The van der Waals surface area contributed by atoms with Gasteiger partial charge in [-0.2, -0.15) is 15.8 Å². The Morgan fingerprint density at radius 3 is 1.18 bits per heavy atom. The molecular weight excluding hydrogens is 1090 g/mol. The number of aryl methyl sites for hydroxylation is 1. The van der Waals surface area contributed by atoms with Gasteiger partial charge in [0, 0.05) is 55.0 Å². The van der Waals surface area contributed by atoms with Crippen molar-refractivity contribution in [2.75, 3.05) is 0 Å². The molecule has 13 rings (SSSR count). The van der Waals surface area contributed by atoms with Gasteiger partial charge in [0.15, 0.2) is 39.8 Å². The third kappa shape index (κ3) is 8.93. The molecule has 0 aliphatic carbocycles. The molecule has 0 fully saturated rings. The van der Waals surface area contributed by atoms with Crippen LogP contribution in [0.2, 0.25) is 0 Å². The monoisotopic (exact) mass is 1130 g/mol. The van der Waals surface area contributed by atoms with Gasteiger partial charge in [-0.1, -0.05) is 115 Å². The highest BCUT2D eigenvalue weighted by atomic mass is 15.0. The molecular formula is C77H36N12. The zero-order valence-electron chi connectivity index (χ0n) is 46.9. The SMILES string of the molecule is [C-]#[N+]c1ccc(-c2ccc3c(c2)c2cc(-c4ccc(C#N)cc4[N+]#[C-])ccc2n3-c2cccc(-c3ccc(C)cc3[N+]#[C-])c2-c2c([N+]#[C-])cccc2-n2c3ccc(-c4ccc(C#N)cc4[N+]#[C-])cc3c3cc(-c4ccc([N+]#[C-])cc4[N+]#[C-])ccc32)c(C#N)c1. The molecule has 11 aromatic carbocycles. The van der Waals surface area contributed by atoms with E-state index in [2.05, 4.69) is 61.3 Å². The Balaban J connectivity index is 1.16. The van der Waals surface area contributed by atoms with Crippen molar-refractivity contribution in [1.29, 1.82) is 15.8 Å². The van der Waals surface area contributed by atoms with Gasteiger partial charge in [0.1, 0.15) is 0 Å². The van der Waals surface area contributed by atoms with Crippen molar-refractivity contribution in [2.24, 2.45) is 0 Å². The lowest BCUT2D eigenvalue weighted by Crippen LogP contribution is -2.03. The van der Waals surface area contributed by atoms with Crippen LogP contribution in [0.5, 0.6) is 0 Å². The van der Waals surface area contributed by atoms with E-state index in [1.165, 1.54) is 0 Å². The quantitative estimate of drug-likeness (QED) is 0.141. The molecule has 0 aliphatic heterocycles. The number of fused-ring (bicyclic) bond motifs is 6.